The van der Waals surface area contributed by atoms with Crippen LogP contribution >= 0.6 is 11.8 Å². The molecule has 1 aromatic heterocycles. The highest BCUT2D eigenvalue weighted by Gasteiger charge is 2.26. The molecule has 1 aromatic carbocycles. The number of carboxylic acid groups (broad SMARTS) is 1. The van der Waals surface area contributed by atoms with E-state index in [0.717, 1.165) is 11.8 Å². The van der Waals surface area contributed by atoms with Gasteiger partial charge in [-0.15, -0.1) is 11.8 Å². The molecule has 0 aliphatic heterocycles. The molecule has 0 aliphatic rings. The lowest BCUT2D eigenvalue weighted by molar-refractivity contribution is -0.382. The van der Waals surface area contributed by atoms with Gasteiger partial charge in [-0.05, 0) is 22.8 Å². The van der Waals surface area contributed by atoms with E-state index in [1.807, 2.05) is 0 Å². The predicted molar refractivity (Wildman–Crippen MR) is 86.6 cm³/mol. The van der Waals surface area contributed by atoms with E-state index in [0.29, 0.717) is 17.9 Å². The number of rotatable bonds is 9. The van der Waals surface area contributed by atoms with E-state index in [2.05, 4.69) is 20.3 Å². The zero-order chi connectivity index (χ0) is 18.4. The number of carbonyl (C=O) groups excluding carboxylic acids is 1. The number of esters is 1. The van der Waals surface area contributed by atoms with Crippen LogP contribution in [0.4, 0.5) is 11.4 Å². The monoisotopic (exact) mass is 370 g/mol. The maximum absolute atomic E-state index is 11.4. The molecule has 0 atom stereocenters. The molecule has 0 saturated heterocycles. The number of nitro groups is 1. The van der Waals surface area contributed by atoms with E-state index in [4.69, 9.17) is 9.84 Å². The van der Waals surface area contributed by atoms with Gasteiger partial charge in [0.05, 0.1) is 17.3 Å². The molecular formula is C13H14N4O7S. The van der Waals surface area contributed by atoms with Gasteiger partial charge in [0, 0.05) is 18.4 Å². The number of hydrogen-bond donors (Lipinski definition) is 2. The number of aliphatic carboxylic acids is 1. The molecule has 25 heavy (non-hydrogen) atoms. The summed E-state index contributed by atoms with van der Waals surface area (Å²) in [4.78, 5) is 32.6. The van der Waals surface area contributed by atoms with E-state index in [-0.39, 0.29) is 34.8 Å². The standard InChI is InChI=1S/C13H14N4O7S/c1-7(18)23-4-2-3-14-8-5-9(25-6-10(19)20)11-12(16-24-15-11)13(8)17(21)22/h5,14H,2-4,6H2,1H3,(H,19,20). The number of hydrogen-bond acceptors (Lipinski definition) is 10. The van der Waals surface area contributed by atoms with Crippen LogP contribution < -0.4 is 5.32 Å². The second-order valence-corrected chi connectivity index (χ2v) is 5.81. The summed E-state index contributed by atoms with van der Waals surface area (Å²) in [5, 5.41) is 30.2. The highest BCUT2D eigenvalue weighted by atomic mass is 32.2. The van der Waals surface area contributed by atoms with Crippen molar-refractivity contribution in [3.05, 3.63) is 16.2 Å². The van der Waals surface area contributed by atoms with Gasteiger partial charge in [0.1, 0.15) is 5.69 Å². The first-order chi connectivity index (χ1) is 11.9. The minimum atomic E-state index is -1.04. The van der Waals surface area contributed by atoms with Crippen LogP contribution in [-0.2, 0) is 14.3 Å². The summed E-state index contributed by atoms with van der Waals surface area (Å²) in [6, 6.07) is 1.43. The van der Waals surface area contributed by atoms with Gasteiger partial charge >= 0.3 is 17.6 Å². The summed E-state index contributed by atoms with van der Waals surface area (Å²) in [7, 11) is 0. The van der Waals surface area contributed by atoms with Crippen LogP contribution in [0, 0.1) is 10.1 Å². The minimum absolute atomic E-state index is 0.0668. The maximum atomic E-state index is 11.4. The first-order valence-electron chi connectivity index (χ1n) is 7.05. The van der Waals surface area contributed by atoms with Crippen LogP contribution in [0.3, 0.4) is 0 Å². The van der Waals surface area contributed by atoms with Crippen LogP contribution in [0.2, 0.25) is 0 Å². The zero-order valence-electron chi connectivity index (χ0n) is 13.1. The summed E-state index contributed by atoms with van der Waals surface area (Å²) in [6.45, 7) is 1.76. The van der Waals surface area contributed by atoms with Crippen LogP contribution in [0.5, 0.6) is 0 Å². The predicted octanol–water partition coefficient (Wildman–Crippen LogP) is 1.67. The minimum Gasteiger partial charge on any atom is -0.481 e. The van der Waals surface area contributed by atoms with Crippen molar-refractivity contribution in [2.24, 2.45) is 0 Å². The molecule has 0 fully saturated rings. The van der Waals surface area contributed by atoms with Crippen LogP contribution in [0.25, 0.3) is 11.0 Å². The number of thioether (sulfide) groups is 1. The normalized spacial score (nSPS) is 10.6. The Balaban J connectivity index is 2.26. The fourth-order valence-corrected chi connectivity index (χ4v) is 2.73. The van der Waals surface area contributed by atoms with Crippen molar-refractivity contribution in [1.29, 1.82) is 0 Å². The second-order valence-electron chi connectivity index (χ2n) is 4.79. The Hall–Kier alpha value is -2.89. The molecule has 0 radical (unpaired) electrons. The summed E-state index contributed by atoms with van der Waals surface area (Å²) in [5.41, 5.74) is -0.0985. The summed E-state index contributed by atoms with van der Waals surface area (Å²) in [5.74, 6) is -1.69. The van der Waals surface area contributed by atoms with Crippen molar-refractivity contribution in [1.82, 2.24) is 10.3 Å². The Kier molecular flexibility index (Phi) is 6.11. The lowest BCUT2D eigenvalue weighted by Gasteiger charge is -2.09. The Morgan fingerprint density at radius 1 is 1.44 bits per heavy atom. The van der Waals surface area contributed by atoms with Gasteiger partial charge in [-0.25, -0.2) is 4.63 Å². The zero-order valence-corrected chi connectivity index (χ0v) is 13.9. The average Bonchev–Trinajstić information content (AvgIpc) is 3.00. The van der Waals surface area contributed by atoms with Crippen molar-refractivity contribution in [3.63, 3.8) is 0 Å². The number of benzene rings is 1. The van der Waals surface area contributed by atoms with Crippen molar-refractivity contribution < 1.29 is 29.0 Å². The van der Waals surface area contributed by atoms with Crippen molar-refractivity contribution in [2.75, 3.05) is 24.2 Å². The number of fused-ring (bicyclic) bond motifs is 1. The molecule has 134 valence electrons. The van der Waals surface area contributed by atoms with Gasteiger partial charge in [0.15, 0.2) is 5.52 Å². The Morgan fingerprint density at radius 3 is 2.80 bits per heavy atom. The maximum Gasteiger partial charge on any atom is 0.323 e. The van der Waals surface area contributed by atoms with Crippen molar-refractivity contribution in [2.45, 2.75) is 18.2 Å². The molecule has 0 bridgehead atoms. The molecule has 0 amide bonds. The fourth-order valence-electron chi connectivity index (χ4n) is 1.98. The number of nitrogens with one attached hydrogen (secondary N) is 1. The molecule has 0 aliphatic carbocycles. The number of aromatic nitrogens is 2. The van der Waals surface area contributed by atoms with Crippen LogP contribution in [-0.4, -0.2) is 51.2 Å². The lowest BCUT2D eigenvalue weighted by atomic mass is 10.2. The fraction of sp³-hybridized carbons (Fsp3) is 0.385. The lowest BCUT2D eigenvalue weighted by Crippen LogP contribution is -2.09. The van der Waals surface area contributed by atoms with Gasteiger partial charge in [0.25, 0.3) is 0 Å². The van der Waals surface area contributed by atoms with E-state index in [1.165, 1.54) is 13.0 Å². The van der Waals surface area contributed by atoms with Crippen molar-refractivity contribution in [3.8, 4) is 0 Å². The number of carbonyl (C=O) groups is 2. The molecular weight excluding hydrogens is 356 g/mol. The van der Waals surface area contributed by atoms with E-state index in [1.54, 1.807) is 0 Å². The SMILES string of the molecule is CC(=O)OCCCNc1cc(SCC(=O)O)c2nonc2c1[N+](=O)[O-]. The number of ether oxygens (including phenoxy) is 1. The number of nitrogens with zero attached hydrogens (tertiary/aromatic N) is 3. The van der Waals surface area contributed by atoms with Crippen molar-refractivity contribution >= 4 is 46.1 Å². The van der Waals surface area contributed by atoms with Gasteiger partial charge in [-0.3, -0.25) is 19.7 Å². The summed E-state index contributed by atoms with van der Waals surface area (Å²) in [6.07, 6.45) is 0.434. The van der Waals surface area contributed by atoms with Gasteiger partial charge in [0.2, 0.25) is 5.52 Å². The highest BCUT2D eigenvalue weighted by molar-refractivity contribution is 8.00. The number of anilines is 1. The summed E-state index contributed by atoms with van der Waals surface area (Å²) < 4.78 is 9.36. The first kappa shape index (κ1) is 18.4. The molecule has 1 heterocycles. The molecule has 0 unspecified atom stereocenters. The molecule has 0 spiro atoms. The Morgan fingerprint density at radius 2 is 2.16 bits per heavy atom. The van der Waals surface area contributed by atoms with Crippen LogP contribution in [0.15, 0.2) is 15.6 Å². The quantitative estimate of drug-likeness (QED) is 0.217. The smallest absolute Gasteiger partial charge is 0.323 e. The Labute approximate surface area is 144 Å². The number of carboxylic acids is 1. The molecule has 2 rings (SSSR count). The molecule has 12 heteroatoms. The van der Waals surface area contributed by atoms with Gasteiger partial charge < -0.3 is 15.2 Å². The van der Waals surface area contributed by atoms with E-state index in [9.17, 15) is 19.7 Å². The third-order valence-electron chi connectivity index (χ3n) is 2.95. The Bertz CT molecular complexity index is 807. The van der Waals surface area contributed by atoms with Crippen LogP contribution in [0.1, 0.15) is 13.3 Å². The van der Waals surface area contributed by atoms with Gasteiger partial charge in [-0.1, -0.05) is 0 Å². The summed E-state index contributed by atoms with van der Waals surface area (Å²) >= 11 is 0.951. The highest BCUT2D eigenvalue weighted by Crippen LogP contribution is 2.38. The first-order valence-corrected chi connectivity index (χ1v) is 8.04. The molecule has 2 N–H and O–H groups in total. The van der Waals surface area contributed by atoms with E-state index < -0.39 is 16.9 Å². The third kappa shape index (κ3) is 4.79. The molecule has 2 aromatic rings. The average molecular weight is 370 g/mol. The van der Waals surface area contributed by atoms with E-state index >= 15 is 0 Å². The second kappa shape index (κ2) is 8.28. The largest absolute Gasteiger partial charge is 0.481 e. The third-order valence-corrected chi connectivity index (χ3v) is 3.97. The number of nitro benzene ring substituents is 1. The molecule has 11 nitrogen and oxygen atoms in total. The topological polar surface area (TPSA) is 158 Å². The molecule has 0 saturated carbocycles. The van der Waals surface area contributed by atoms with Gasteiger partial charge in [-0.2, -0.15) is 0 Å².